The van der Waals surface area contributed by atoms with Crippen molar-refractivity contribution >= 4 is 18.2 Å². The van der Waals surface area contributed by atoms with Gasteiger partial charge >= 0.3 is 6.03 Å². The number of benzene rings is 1. The van der Waals surface area contributed by atoms with Crippen LogP contribution in [0.15, 0.2) is 48.1 Å². The third-order valence-electron chi connectivity index (χ3n) is 2.66. The van der Waals surface area contributed by atoms with Crippen molar-refractivity contribution in [2.45, 2.75) is 0 Å². The number of imidazole rings is 1. The maximum atomic E-state index is 11.5. The molecule has 0 fully saturated rings. The first-order valence-corrected chi connectivity index (χ1v) is 6.41. The molecular weight excluding hydrogens is 286 g/mol. The van der Waals surface area contributed by atoms with Gasteiger partial charge in [0.25, 0.3) is 5.91 Å². The Labute approximate surface area is 126 Å². The molecule has 0 saturated carbocycles. The Bertz CT molecular complexity index is 650. The molecule has 8 nitrogen and oxygen atoms in total. The molecule has 2 rings (SSSR count). The van der Waals surface area contributed by atoms with Crippen LogP contribution in [0.1, 0.15) is 5.56 Å². The van der Waals surface area contributed by atoms with Crippen molar-refractivity contribution in [3.8, 4) is 5.75 Å². The summed E-state index contributed by atoms with van der Waals surface area (Å²) in [5, 5.41) is 6.23. The van der Waals surface area contributed by atoms with Gasteiger partial charge in [0.2, 0.25) is 0 Å². The zero-order valence-corrected chi connectivity index (χ0v) is 11.9. The molecule has 114 valence electrons. The fourth-order valence-corrected chi connectivity index (χ4v) is 1.53. The number of hydrogen-bond acceptors (Lipinski definition) is 5. The molecule has 0 saturated heterocycles. The van der Waals surface area contributed by atoms with Crippen LogP contribution in [0, 0.1) is 0 Å². The lowest BCUT2D eigenvalue weighted by Crippen LogP contribution is -2.36. The summed E-state index contributed by atoms with van der Waals surface area (Å²) < 4.78 is 6.27. The van der Waals surface area contributed by atoms with Gasteiger partial charge in [-0.3, -0.25) is 9.36 Å². The van der Waals surface area contributed by atoms with E-state index in [1.165, 1.54) is 29.5 Å². The third-order valence-corrected chi connectivity index (χ3v) is 2.66. The molecule has 0 radical (unpaired) electrons. The Morgan fingerprint density at radius 3 is 2.77 bits per heavy atom. The van der Waals surface area contributed by atoms with E-state index in [1.54, 1.807) is 31.4 Å². The van der Waals surface area contributed by atoms with E-state index in [0.29, 0.717) is 0 Å². The number of carbonyl (C=O) groups is 2. The number of hydrogen-bond donors (Lipinski definition) is 2. The van der Waals surface area contributed by atoms with Gasteiger partial charge in [0.1, 0.15) is 18.6 Å². The second-order valence-electron chi connectivity index (χ2n) is 4.19. The summed E-state index contributed by atoms with van der Waals surface area (Å²) in [5.41, 5.74) is 3.13. The number of nitrogens with zero attached hydrogens (tertiary/aromatic N) is 3. The first kappa shape index (κ1) is 15.2. The van der Waals surface area contributed by atoms with E-state index in [9.17, 15) is 9.59 Å². The van der Waals surface area contributed by atoms with E-state index in [2.05, 4.69) is 20.8 Å². The molecule has 0 spiro atoms. The SMILES string of the molecule is COc1ccc(/C=N\NC(=O)CNC(=O)n2ccnc2)cc1. The summed E-state index contributed by atoms with van der Waals surface area (Å²) >= 11 is 0. The maximum absolute atomic E-state index is 11.5. The highest BCUT2D eigenvalue weighted by atomic mass is 16.5. The Balaban J connectivity index is 1.75. The maximum Gasteiger partial charge on any atom is 0.327 e. The van der Waals surface area contributed by atoms with Crippen LogP contribution >= 0.6 is 0 Å². The molecule has 0 unspecified atom stereocenters. The Morgan fingerprint density at radius 2 is 2.14 bits per heavy atom. The summed E-state index contributed by atoms with van der Waals surface area (Å²) in [6.07, 6.45) is 5.79. The van der Waals surface area contributed by atoms with Gasteiger partial charge in [-0.15, -0.1) is 0 Å². The van der Waals surface area contributed by atoms with Crippen molar-refractivity contribution in [2.24, 2.45) is 5.10 Å². The predicted molar refractivity (Wildman–Crippen MR) is 79.8 cm³/mol. The molecule has 0 aliphatic carbocycles. The van der Waals surface area contributed by atoms with Gasteiger partial charge in [0.05, 0.1) is 13.3 Å². The minimum atomic E-state index is -0.438. The number of rotatable bonds is 5. The molecule has 0 atom stereocenters. The molecule has 2 aromatic rings. The van der Waals surface area contributed by atoms with E-state index >= 15 is 0 Å². The van der Waals surface area contributed by atoms with Gasteiger partial charge < -0.3 is 10.1 Å². The number of aromatic nitrogens is 2. The van der Waals surface area contributed by atoms with E-state index < -0.39 is 11.9 Å². The van der Waals surface area contributed by atoms with Crippen LogP contribution in [0.4, 0.5) is 4.79 Å². The third kappa shape index (κ3) is 4.44. The zero-order valence-electron chi connectivity index (χ0n) is 11.9. The highest BCUT2D eigenvalue weighted by Gasteiger charge is 2.05. The molecule has 8 heteroatoms. The van der Waals surface area contributed by atoms with Crippen molar-refractivity contribution in [1.82, 2.24) is 20.3 Å². The summed E-state index contributed by atoms with van der Waals surface area (Å²) in [6, 6.07) is 6.74. The van der Waals surface area contributed by atoms with Gasteiger partial charge in [-0.2, -0.15) is 5.10 Å². The number of ether oxygens (including phenoxy) is 1. The van der Waals surface area contributed by atoms with Crippen LogP contribution in [0.5, 0.6) is 5.75 Å². The molecule has 2 N–H and O–H groups in total. The first-order chi connectivity index (χ1) is 10.7. The van der Waals surface area contributed by atoms with Gasteiger partial charge in [-0.05, 0) is 29.8 Å². The largest absolute Gasteiger partial charge is 0.497 e. The lowest BCUT2D eigenvalue weighted by molar-refractivity contribution is -0.120. The average Bonchev–Trinajstić information content (AvgIpc) is 3.08. The minimum Gasteiger partial charge on any atom is -0.497 e. The van der Waals surface area contributed by atoms with Crippen LogP contribution < -0.4 is 15.5 Å². The second-order valence-corrected chi connectivity index (χ2v) is 4.19. The van der Waals surface area contributed by atoms with Crippen LogP contribution in [0.3, 0.4) is 0 Å². The smallest absolute Gasteiger partial charge is 0.327 e. The summed E-state index contributed by atoms with van der Waals surface area (Å²) in [6.45, 7) is -0.184. The van der Waals surface area contributed by atoms with Crippen LogP contribution in [-0.2, 0) is 4.79 Å². The zero-order chi connectivity index (χ0) is 15.8. The molecule has 1 aromatic heterocycles. The number of carbonyl (C=O) groups excluding carboxylic acids is 2. The van der Waals surface area contributed by atoms with Crippen molar-refractivity contribution in [3.63, 3.8) is 0 Å². The Kier molecular flexibility index (Phi) is 5.25. The molecule has 1 heterocycles. The van der Waals surface area contributed by atoms with Crippen molar-refractivity contribution in [1.29, 1.82) is 0 Å². The number of hydrazone groups is 1. The van der Waals surface area contributed by atoms with Gasteiger partial charge in [0, 0.05) is 12.4 Å². The van der Waals surface area contributed by atoms with E-state index in [1.807, 2.05) is 0 Å². The van der Waals surface area contributed by atoms with Crippen LogP contribution in [-0.4, -0.2) is 41.4 Å². The molecular formula is C14H15N5O3. The van der Waals surface area contributed by atoms with E-state index in [4.69, 9.17) is 4.74 Å². The van der Waals surface area contributed by atoms with E-state index in [0.717, 1.165) is 11.3 Å². The predicted octanol–water partition coefficient (Wildman–Crippen LogP) is 0.600. The normalized spacial score (nSPS) is 10.4. The Morgan fingerprint density at radius 1 is 1.36 bits per heavy atom. The van der Waals surface area contributed by atoms with Crippen molar-refractivity contribution in [3.05, 3.63) is 48.5 Å². The lowest BCUT2D eigenvalue weighted by atomic mass is 10.2. The number of methoxy groups -OCH3 is 1. The molecule has 1 aromatic carbocycles. The minimum absolute atomic E-state index is 0.184. The molecule has 2 amide bonds. The van der Waals surface area contributed by atoms with Gasteiger partial charge in [-0.1, -0.05) is 0 Å². The molecule has 0 aliphatic rings. The topological polar surface area (TPSA) is 97.6 Å². The van der Waals surface area contributed by atoms with Gasteiger partial charge in [-0.25, -0.2) is 15.2 Å². The Hall–Kier alpha value is -3.16. The fourth-order valence-electron chi connectivity index (χ4n) is 1.53. The van der Waals surface area contributed by atoms with Crippen molar-refractivity contribution in [2.75, 3.05) is 13.7 Å². The molecule has 0 bridgehead atoms. The average molecular weight is 301 g/mol. The standard InChI is InChI=1S/C14H15N5O3/c1-22-12-4-2-11(3-5-12)8-17-18-13(20)9-16-14(21)19-7-6-15-10-19/h2-8,10H,9H2,1H3,(H,16,21)(H,18,20)/b17-8-. The lowest BCUT2D eigenvalue weighted by Gasteiger charge is -2.03. The monoisotopic (exact) mass is 301 g/mol. The fraction of sp³-hybridized carbons (Fsp3) is 0.143. The van der Waals surface area contributed by atoms with Crippen LogP contribution in [0.2, 0.25) is 0 Å². The summed E-state index contributed by atoms with van der Waals surface area (Å²) in [5.74, 6) is 0.307. The number of nitrogens with one attached hydrogen (secondary N) is 2. The van der Waals surface area contributed by atoms with E-state index in [-0.39, 0.29) is 6.54 Å². The van der Waals surface area contributed by atoms with Crippen molar-refractivity contribution < 1.29 is 14.3 Å². The molecule has 0 aliphatic heterocycles. The molecule has 22 heavy (non-hydrogen) atoms. The quantitative estimate of drug-likeness (QED) is 0.624. The highest BCUT2D eigenvalue weighted by molar-refractivity contribution is 5.86. The summed E-state index contributed by atoms with van der Waals surface area (Å²) in [7, 11) is 1.58. The van der Waals surface area contributed by atoms with Gasteiger partial charge in [0.15, 0.2) is 0 Å². The first-order valence-electron chi connectivity index (χ1n) is 6.41. The van der Waals surface area contributed by atoms with Crippen LogP contribution in [0.25, 0.3) is 0 Å². The second kappa shape index (κ2) is 7.58. The number of amides is 2. The highest BCUT2D eigenvalue weighted by Crippen LogP contribution is 2.09. The summed E-state index contributed by atoms with van der Waals surface area (Å²) in [4.78, 5) is 26.8.